The first-order valence-electron chi connectivity index (χ1n) is 15.6. The predicted molar refractivity (Wildman–Crippen MR) is 174 cm³/mol. The molecule has 0 spiro atoms. The van der Waals surface area contributed by atoms with E-state index in [1.807, 2.05) is 109 Å². The van der Waals surface area contributed by atoms with Crippen LogP contribution in [0.2, 0.25) is 0 Å². The van der Waals surface area contributed by atoms with Gasteiger partial charge in [-0.15, -0.1) is 0 Å². The lowest BCUT2D eigenvalue weighted by molar-refractivity contribution is -0.128. The SMILES string of the molecule is O=C(Cc1ccc2c(c1)OCO2)N[C@H](CC[C@H](Cc1ccccc1)NC(=O)[C@@H]1CN(c2ccccc2)C(=O)O1)Cc1ccccc1. The average molecular weight is 620 g/mol. The third-order valence-corrected chi connectivity index (χ3v) is 8.20. The molecule has 1 saturated heterocycles. The molecule has 2 aliphatic heterocycles. The van der Waals surface area contributed by atoms with Gasteiger partial charge in [-0.2, -0.15) is 0 Å². The van der Waals surface area contributed by atoms with E-state index in [-0.39, 0.29) is 43.7 Å². The number of rotatable bonds is 13. The van der Waals surface area contributed by atoms with Crippen LogP contribution in [0.15, 0.2) is 109 Å². The van der Waals surface area contributed by atoms with E-state index < -0.39 is 12.2 Å². The van der Waals surface area contributed by atoms with Crippen LogP contribution in [0, 0.1) is 0 Å². The van der Waals surface area contributed by atoms with E-state index in [0.717, 1.165) is 16.7 Å². The topological polar surface area (TPSA) is 106 Å². The zero-order chi connectivity index (χ0) is 31.7. The second kappa shape index (κ2) is 14.6. The number of benzene rings is 4. The molecule has 1 fully saturated rings. The van der Waals surface area contributed by atoms with Crippen LogP contribution in [0.25, 0.3) is 0 Å². The van der Waals surface area contributed by atoms with Gasteiger partial charge in [-0.3, -0.25) is 14.5 Å². The Bertz CT molecular complexity index is 1630. The summed E-state index contributed by atoms with van der Waals surface area (Å²) in [5.74, 6) is 0.893. The number of anilines is 1. The first-order valence-corrected chi connectivity index (χ1v) is 15.6. The number of hydrogen-bond acceptors (Lipinski definition) is 6. The Morgan fingerprint density at radius 1 is 0.717 bits per heavy atom. The zero-order valence-electron chi connectivity index (χ0n) is 25.5. The molecule has 9 nitrogen and oxygen atoms in total. The van der Waals surface area contributed by atoms with Crippen molar-refractivity contribution in [1.29, 1.82) is 0 Å². The first kappa shape index (κ1) is 30.7. The molecule has 0 saturated carbocycles. The minimum absolute atomic E-state index is 0.0951. The zero-order valence-corrected chi connectivity index (χ0v) is 25.5. The molecule has 236 valence electrons. The molecule has 2 aliphatic rings. The van der Waals surface area contributed by atoms with Gasteiger partial charge in [0, 0.05) is 17.8 Å². The number of fused-ring (bicyclic) bond motifs is 1. The summed E-state index contributed by atoms with van der Waals surface area (Å²) < 4.78 is 16.4. The predicted octanol–water partition coefficient (Wildman–Crippen LogP) is 5.22. The van der Waals surface area contributed by atoms with Crippen molar-refractivity contribution in [3.05, 3.63) is 126 Å². The monoisotopic (exact) mass is 619 g/mol. The fraction of sp³-hybridized carbons (Fsp3) is 0.270. The first-order chi connectivity index (χ1) is 22.5. The molecule has 0 radical (unpaired) electrons. The lowest BCUT2D eigenvalue weighted by Gasteiger charge is -2.24. The minimum Gasteiger partial charge on any atom is -0.454 e. The molecule has 0 aliphatic carbocycles. The molecule has 3 atom stereocenters. The van der Waals surface area contributed by atoms with E-state index in [2.05, 4.69) is 10.6 Å². The van der Waals surface area contributed by atoms with Gasteiger partial charge < -0.3 is 24.8 Å². The summed E-state index contributed by atoms with van der Waals surface area (Å²) in [6.07, 6.45) is 1.21. The lowest BCUT2D eigenvalue weighted by atomic mass is 9.95. The van der Waals surface area contributed by atoms with Gasteiger partial charge in [-0.1, -0.05) is 84.9 Å². The van der Waals surface area contributed by atoms with Crippen molar-refractivity contribution in [2.75, 3.05) is 18.2 Å². The molecule has 0 bridgehead atoms. The fourth-order valence-electron chi connectivity index (χ4n) is 5.88. The van der Waals surface area contributed by atoms with Crippen molar-refractivity contribution in [3.63, 3.8) is 0 Å². The number of nitrogens with zero attached hydrogens (tertiary/aromatic N) is 1. The number of carbonyl (C=O) groups is 3. The third-order valence-electron chi connectivity index (χ3n) is 8.20. The maximum atomic E-state index is 13.5. The third kappa shape index (κ3) is 8.04. The van der Waals surface area contributed by atoms with Crippen molar-refractivity contribution in [1.82, 2.24) is 10.6 Å². The Hall–Kier alpha value is -5.31. The van der Waals surface area contributed by atoms with Gasteiger partial charge in [0.2, 0.25) is 12.7 Å². The number of amides is 3. The Balaban J connectivity index is 1.13. The van der Waals surface area contributed by atoms with Crippen LogP contribution in [-0.2, 0) is 33.6 Å². The van der Waals surface area contributed by atoms with Gasteiger partial charge in [0.1, 0.15) is 0 Å². The van der Waals surface area contributed by atoms with Gasteiger partial charge in [0.05, 0.1) is 13.0 Å². The fourth-order valence-corrected chi connectivity index (χ4v) is 5.88. The number of nitrogens with one attached hydrogen (secondary N) is 2. The van der Waals surface area contributed by atoms with E-state index in [9.17, 15) is 14.4 Å². The van der Waals surface area contributed by atoms with Crippen molar-refractivity contribution >= 4 is 23.6 Å². The van der Waals surface area contributed by atoms with E-state index in [0.29, 0.717) is 42.9 Å². The highest BCUT2D eigenvalue weighted by atomic mass is 16.7. The van der Waals surface area contributed by atoms with E-state index in [1.165, 1.54) is 4.90 Å². The Kier molecular flexibility index (Phi) is 9.78. The number of cyclic esters (lactones) is 1. The van der Waals surface area contributed by atoms with E-state index in [4.69, 9.17) is 14.2 Å². The maximum Gasteiger partial charge on any atom is 0.415 e. The van der Waals surface area contributed by atoms with Crippen molar-refractivity contribution in [2.24, 2.45) is 0 Å². The molecule has 2 N–H and O–H groups in total. The highest BCUT2D eigenvalue weighted by molar-refractivity contribution is 5.95. The van der Waals surface area contributed by atoms with Crippen LogP contribution in [0.3, 0.4) is 0 Å². The second-order valence-corrected chi connectivity index (χ2v) is 11.6. The Morgan fingerprint density at radius 3 is 1.96 bits per heavy atom. The molecule has 9 heteroatoms. The number of ether oxygens (including phenoxy) is 3. The van der Waals surface area contributed by atoms with Gasteiger partial charge in [-0.25, -0.2) is 4.79 Å². The summed E-state index contributed by atoms with van der Waals surface area (Å²) in [5, 5.41) is 6.39. The second-order valence-electron chi connectivity index (χ2n) is 11.6. The highest BCUT2D eigenvalue weighted by Crippen LogP contribution is 2.32. The molecule has 46 heavy (non-hydrogen) atoms. The lowest BCUT2D eigenvalue weighted by Crippen LogP contribution is -2.45. The number of carbonyl (C=O) groups excluding carboxylic acids is 3. The Labute approximate surface area is 268 Å². The van der Waals surface area contributed by atoms with Crippen LogP contribution in [0.4, 0.5) is 10.5 Å². The van der Waals surface area contributed by atoms with Crippen LogP contribution in [-0.4, -0.2) is 49.4 Å². The summed E-state index contributed by atoms with van der Waals surface area (Å²) in [6.45, 7) is 0.318. The molecule has 0 unspecified atom stereocenters. The normalized spacial score (nSPS) is 16.4. The van der Waals surface area contributed by atoms with Crippen molar-refractivity contribution in [2.45, 2.75) is 50.3 Å². The maximum absolute atomic E-state index is 13.5. The summed E-state index contributed by atoms with van der Waals surface area (Å²) in [6, 6.07) is 34.3. The van der Waals surface area contributed by atoms with Gasteiger partial charge in [-0.05, 0) is 66.6 Å². The highest BCUT2D eigenvalue weighted by Gasteiger charge is 2.37. The van der Waals surface area contributed by atoms with Crippen molar-refractivity contribution < 1.29 is 28.6 Å². The Morgan fingerprint density at radius 2 is 1.30 bits per heavy atom. The largest absolute Gasteiger partial charge is 0.454 e. The number of hydrogen-bond donors (Lipinski definition) is 2. The average Bonchev–Trinajstić information content (AvgIpc) is 3.71. The number of para-hydroxylation sites is 1. The van der Waals surface area contributed by atoms with E-state index >= 15 is 0 Å². The standard InChI is InChI=1S/C37H37N3O6/c41-35(23-28-16-19-32-33(22-28)45-25-44-32)38-29(20-26-10-4-1-5-11-26)17-18-30(21-27-12-6-2-7-13-27)39-36(42)34-24-40(37(43)46-34)31-14-8-3-9-15-31/h1-16,19,22,29-30,34H,17-18,20-21,23-25H2,(H,38,41)(H,39,42)/t29-,30-,34+/m1/s1. The van der Waals surface area contributed by atoms with Gasteiger partial charge in [0.25, 0.3) is 5.91 Å². The summed E-state index contributed by atoms with van der Waals surface area (Å²) >= 11 is 0. The molecule has 2 heterocycles. The molecule has 6 rings (SSSR count). The summed E-state index contributed by atoms with van der Waals surface area (Å²) in [5.41, 5.74) is 3.71. The van der Waals surface area contributed by atoms with E-state index in [1.54, 1.807) is 0 Å². The molecule has 4 aromatic carbocycles. The van der Waals surface area contributed by atoms with Crippen LogP contribution in [0.5, 0.6) is 11.5 Å². The van der Waals surface area contributed by atoms with Gasteiger partial charge in [0.15, 0.2) is 17.6 Å². The smallest absolute Gasteiger partial charge is 0.415 e. The van der Waals surface area contributed by atoms with Crippen molar-refractivity contribution in [3.8, 4) is 11.5 Å². The van der Waals surface area contributed by atoms with Crippen LogP contribution >= 0.6 is 0 Å². The molecular weight excluding hydrogens is 582 g/mol. The minimum atomic E-state index is -0.924. The quantitative estimate of drug-likeness (QED) is 0.213. The summed E-state index contributed by atoms with van der Waals surface area (Å²) in [7, 11) is 0. The molecule has 4 aromatic rings. The molecular formula is C37H37N3O6. The molecule has 3 amide bonds. The van der Waals surface area contributed by atoms with Crippen LogP contribution < -0.4 is 25.0 Å². The summed E-state index contributed by atoms with van der Waals surface area (Å²) in [4.78, 5) is 40.8. The molecule has 0 aromatic heterocycles. The van der Waals surface area contributed by atoms with Gasteiger partial charge >= 0.3 is 6.09 Å². The van der Waals surface area contributed by atoms with Crippen LogP contribution in [0.1, 0.15) is 29.5 Å².